The Morgan fingerprint density at radius 2 is 1.95 bits per heavy atom. The fourth-order valence-corrected chi connectivity index (χ4v) is 3.70. The van der Waals surface area contributed by atoms with Gasteiger partial charge in [-0.25, -0.2) is 4.72 Å². The van der Waals surface area contributed by atoms with E-state index in [0.717, 1.165) is 24.1 Å². The number of H-pyrrole nitrogens is 1. The van der Waals surface area contributed by atoms with Crippen LogP contribution in [0.4, 0.5) is 0 Å². The maximum Gasteiger partial charge on any atom is 0.278 e. The van der Waals surface area contributed by atoms with E-state index in [1.807, 2.05) is 12.1 Å². The first-order valence-electron chi connectivity index (χ1n) is 7.11. The maximum atomic E-state index is 11.9. The number of para-hydroxylation sites is 1. The van der Waals surface area contributed by atoms with Crippen molar-refractivity contribution in [3.05, 3.63) is 35.5 Å². The van der Waals surface area contributed by atoms with Crippen molar-refractivity contribution in [1.82, 2.24) is 14.0 Å². The smallest absolute Gasteiger partial charge is 0.278 e. The minimum absolute atomic E-state index is 0.0627. The zero-order valence-corrected chi connectivity index (χ0v) is 13.4. The van der Waals surface area contributed by atoms with E-state index in [0.29, 0.717) is 6.54 Å². The molecule has 2 aromatic rings. The molecule has 1 fully saturated rings. The first kappa shape index (κ1) is 14.6. The Hall–Kier alpha value is -1.37. The predicted octanol–water partition coefficient (Wildman–Crippen LogP) is 1.90. The molecule has 1 aromatic carbocycles. The zero-order valence-electron chi connectivity index (χ0n) is 12.6. The van der Waals surface area contributed by atoms with Crippen molar-refractivity contribution in [2.45, 2.75) is 25.2 Å². The average Bonchev–Trinajstić information content (AvgIpc) is 3.12. The summed E-state index contributed by atoms with van der Waals surface area (Å²) >= 11 is 0. The molecule has 0 radical (unpaired) electrons. The van der Waals surface area contributed by atoms with E-state index in [9.17, 15) is 8.42 Å². The highest BCUT2D eigenvalue weighted by atomic mass is 32.2. The molecule has 1 aliphatic rings. The molecule has 0 amide bonds. The summed E-state index contributed by atoms with van der Waals surface area (Å²) in [6.45, 7) is 2.52. The molecule has 1 aromatic heterocycles. The van der Waals surface area contributed by atoms with Gasteiger partial charge in [0.1, 0.15) is 0 Å². The molecule has 2 N–H and O–H groups in total. The molecule has 0 atom stereocenters. The van der Waals surface area contributed by atoms with Gasteiger partial charge in [0.25, 0.3) is 10.2 Å². The van der Waals surface area contributed by atoms with Crippen molar-refractivity contribution < 1.29 is 8.42 Å². The summed E-state index contributed by atoms with van der Waals surface area (Å²) in [6.07, 6.45) is 2.04. The van der Waals surface area contributed by atoms with Gasteiger partial charge in [-0.05, 0) is 31.4 Å². The maximum absolute atomic E-state index is 11.9. The Balaban J connectivity index is 1.93. The van der Waals surface area contributed by atoms with Gasteiger partial charge in [-0.2, -0.15) is 12.7 Å². The van der Waals surface area contributed by atoms with Crippen LogP contribution >= 0.6 is 0 Å². The number of benzene rings is 1. The largest absolute Gasteiger partial charge is 0.358 e. The van der Waals surface area contributed by atoms with E-state index in [1.54, 1.807) is 14.1 Å². The van der Waals surface area contributed by atoms with Crippen molar-refractivity contribution >= 4 is 21.1 Å². The first-order valence-corrected chi connectivity index (χ1v) is 8.55. The summed E-state index contributed by atoms with van der Waals surface area (Å²) in [5, 5.41) is 1.21. The number of nitrogens with zero attached hydrogens (tertiary/aromatic N) is 1. The van der Waals surface area contributed by atoms with Crippen LogP contribution in [-0.2, 0) is 15.6 Å². The Labute approximate surface area is 125 Å². The van der Waals surface area contributed by atoms with Gasteiger partial charge in [-0.15, -0.1) is 0 Å². The quantitative estimate of drug-likeness (QED) is 0.886. The van der Waals surface area contributed by atoms with E-state index in [1.165, 1.54) is 15.3 Å². The Morgan fingerprint density at radius 1 is 1.29 bits per heavy atom. The third-order valence-electron chi connectivity index (χ3n) is 4.35. The minimum Gasteiger partial charge on any atom is -0.358 e. The van der Waals surface area contributed by atoms with Gasteiger partial charge in [0, 0.05) is 42.7 Å². The number of hydrogen-bond donors (Lipinski definition) is 2. The molecule has 6 heteroatoms. The van der Waals surface area contributed by atoms with Gasteiger partial charge in [0.05, 0.1) is 0 Å². The number of hydrogen-bond acceptors (Lipinski definition) is 2. The lowest BCUT2D eigenvalue weighted by Gasteiger charge is -2.19. The van der Waals surface area contributed by atoms with Gasteiger partial charge in [0.15, 0.2) is 0 Å². The van der Waals surface area contributed by atoms with E-state index >= 15 is 0 Å². The van der Waals surface area contributed by atoms with Gasteiger partial charge in [-0.1, -0.05) is 18.2 Å². The number of nitrogens with one attached hydrogen (secondary N) is 2. The van der Waals surface area contributed by atoms with Crippen LogP contribution in [0.15, 0.2) is 24.3 Å². The summed E-state index contributed by atoms with van der Waals surface area (Å²) in [5.41, 5.74) is 3.45. The molecule has 114 valence electrons. The zero-order chi connectivity index (χ0) is 15.3. The van der Waals surface area contributed by atoms with E-state index < -0.39 is 10.2 Å². The third kappa shape index (κ3) is 2.47. The summed E-state index contributed by atoms with van der Waals surface area (Å²) in [7, 11) is -0.294. The van der Waals surface area contributed by atoms with E-state index in [2.05, 4.69) is 28.8 Å². The van der Waals surface area contributed by atoms with E-state index in [4.69, 9.17) is 0 Å². The molecular weight excluding hydrogens is 286 g/mol. The summed E-state index contributed by atoms with van der Waals surface area (Å²) < 4.78 is 27.8. The SMILES string of the molecule is Cc1[nH]c2ccccc2c1C1(CNS(=O)(=O)N(C)C)CC1. The summed E-state index contributed by atoms with van der Waals surface area (Å²) in [6, 6.07) is 8.20. The van der Waals surface area contributed by atoms with Gasteiger partial charge >= 0.3 is 0 Å². The average molecular weight is 307 g/mol. The van der Waals surface area contributed by atoms with Gasteiger partial charge in [-0.3, -0.25) is 0 Å². The molecule has 0 unspecified atom stereocenters. The number of aromatic amines is 1. The molecular formula is C15H21N3O2S. The highest BCUT2D eigenvalue weighted by Crippen LogP contribution is 2.51. The van der Waals surface area contributed by atoms with Crippen molar-refractivity contribution in [2.75, 3.05) is 20.6 Å². The molecule has 0 aliphatic heterocycles. The Bertz CT molecular complexity index is 773. The molecule has 0 spiro atoms. The fourth-order valence-electron chi connectivity index (χ4n) is 2.98. The second-order valence-corrected chi connectivity index (χ2v) is 8.03. The van der Waals surface area contributed by atoms with Crippen molar-refractivity contribution in [2.24, 2.45) is 0 Å². The molecule has 0 bridgehead atoms. The monoisotopic (exact) mass is 307 g/mol. The Kier molecular flexibility index (Phi) is 3.35. The second-order valence-electron chi connectivity index (χ2n) is 6.06. The van der Waals surface area contributed by atoms with Crippen molar-refractivity contribution in [3.63, 3.8) is 0 Å². The van der Waals surface area contributed by atoms with Crippen molar-refractivity contribution in [3.8, 4) is 0 Å². The van der Waals surface area contributed by atoms with Crippen molar-refractivity contribution in [1.29, 1.82) is 0 Å². The molecule has 1 aliphatic carbocycles. The van der Waals surface area contributed by atoms with E-state index in [-0.39, 0.29) is 5.41 Å². The third-order valence-corrected chi connectivity index (χ3v) is 5.82. The van der Waals surface area contributed by atoms with Crippen LogP contribution in [0.1, 0.15) is 24.1 Å². The summed E-state index contributed by atoms with van der Waals surface area (Å²) in [5.74, 6) is 0. The standard InChI is InChI=1S/C15H21N3O2S/c1-11-14(12-6-4-5-7-13(12)17-11)15(8-9-15)10-16-21(19,20)18(2)3/h4-7,16-17H,8-10H2,1-3H3. The first-order chi connectivity index (χ1) is 9.86. The van der Waals surface area contributed by atoms with Crippen LogP contribution in [-0.4, -0.2) is 38.3 Å². The minimum atomic E-state index is -3.38. The predicted molar refractivity (Wildman–Crippen MR) is 84.6 cm³/mol. The van der Waals surface area contributed by atoms with Crippen LogP contribution < -0.4 is 4.72 Å². The molecule has 3 rings (SSSR count). The Morgan fingerprint density at radius 3 is 2.57 bits per heavy atom. The number of rotatable bonds is 5. The van der Waals surface area contributed by atoms with Crippen LogP contribution in [0.3, 0.4) is 0 Å². The fraction of sp³-hybridized carbons (Fsp3) is 0.467. The van der Waals surface area contributed by atoms with Crippen LogP contribution in [0.5, 0.6) is 0 Å². The lowest BCUT2D eigenvalue weighted by molar-refractivity contribution is 0.497. The molecule has 5 nitrogen and oxygen atoms in total. The lowest BCUT2D eigenvalue weighted by atomic mass is 9.93. The highest BCUT2D eigenvalue weighted by Gasteiger charge is 2.47. The van der Waals surface area contributed by atoms with Crippen LogP contribution in [0, 0.1) is 6.92 Å². The second kappa shape index (κ2) is 4.83. The van der Waals surface area contributed by atoms with Crippen LogP contribution in [0.25, 0.3) is 10.9 Å². The molecule has 1 heterocycles. The topological polar surface area (TPSA) is 65.2 Å². The normalized spacial score (nSPS) is 17.5. The van der Waals surface area contributed by atoms with Crippen LogP contribution in [0.2, 0.25) is 0 Å². The van der Waals surface area contributed by atoms with Gasteiger partial charge in [0.2, 0.25) is 0 Å². The molecule has 0 saturated heterocycles. The lowest BCUT2D eigenvalue weighted by Crippen LogP contribution is -2.40. The number of aryl methyl sites for hydroxylation is 1. The molecule has 21 heavy (non-hydrogen) atoms. The molecule has 1 saturated carbocycles. The highest BCUT2D eigenvalue weighted by molar-refractivity contribution is 7.87. The van der Waals surface area contributed by atoms with Gasteiger partial charge < -0.3 is 4.98 Å². The number of fused-ring (bicyclic) bond motifs is 1. The summed E-state index contributed by atoms with van der Waals surface area (Å²) in [4.78, 5) is 3.41. The number of aromatic nitrogens is 1.